The molecule has 4 nitrogen and oxygen atoms in total. The molecule has 0 unspecified atom stereocenters. The van der Waals surface area contributed by atoms with E-state index in [-0.39, 0.29) is 11.6 Å². The van der Waals surface area contributed by atoms with E-state index in [9.17, 15) is 9.50 Å². The Labute approximate surface area is 120 Å². The third-order valence-corrected chi connectivity index (χ3v) is 3.23. The molecule has 0 aliphatic heterocycles. The van der Waals surface area contributed by atoms with Crippen LogP contribution in [0.2, 0.25) is 0 Å². The van der Waals surface area contributed by atoms with Crippen LogP contribution < -0.4 is 0 Å². The normalized spacial score (nSPS) is 10.8. The molecule has 106 valence electrons. The molecule has 0 aliphatic rings. The number of aryl methyl sites for hydroxylation is 1. The number of hydrogen-bond donors (Lipinski definition) is 1. The van der Waals surface area contributed by atoms with Gasteiger partial charge in [0.2, 0.25) is 11.7 Å². The van der Waals surface area contributed by atoms with Crippen molar-refractivity contribution in [2.45, 2.75) is 13.3 Å². The van der Waals surface area contributed by atoms with Crippen molar-refractivity contribution < 1.29 is 14.0 Å². The van der Waals surface area contributed by atoms with E-state index in [1.54, 1.807) is 37.3 Å². The van der Waals surface area contributed by atoms with E-state index < -0.39 is 0 Å². The van der Waals surface area contributed by atoms with E-state index in [1.165, 1.54) is 6.07 Å². The summed E-state index contributed by atoms with van der Waals surface area (Å²) in [5.74, 6) is 0.574. The molecule has 2 aromatic carbocycles. The predicted octanol–water partition coefficient (Wildman–Crippen LogP) is 3.48. The summed E-state index contributed by atoms with van der Waals surface area (Å²) in [6.45, 7) is 1.69. The summed E-state index contributed by atoms with van der Waals surface area (Å²) in [4.78, 5) is 4.23. The molecule has 0 aliphatic carbocycles. The Balaban J connectivity index is 1.86. The Morgan fingerprint density at radius 2 is 2.00 bits per heavy atom. The van der Waals surface area contributed by atoms with E-state index >= 15 is 0 Å². The maximum atomic E-state index is 13.6. The SMILES string of the molecule is Cc1ccc(-c2noc(Cc3ccccc3O)n2)cc1F. The highest BCUT2D eigenvalue weighted by molar-refractivity contribution is 5.55. The minimum atomic E-state index is -0.306. The number of hydrogen-bond acceptors (Lipinski definition) is 4. The van der Waals surface area contributed by atoms with Gasteiger partial charge in [-0.2, -0.15) is 4.98 Å². The molecule has 0 atom stereocenters. The summed E-state index contributed by atoms with van der Waals surface area (Å²) >= 11 is 0. The van der Waals surface area contributed by atoms with E-state index in [4.69, 9.17) is 4.52 Å². The number of rotatable bonds is 3. The second-order valence-corrected chi connectivity index (χ2v) is 4.78. The molecule has 1 aromatic heterocycles. The first-order valence-electron chi connectivity index (χ1n) is 6.49. The molecule has 1 N–H and O–H groups in total. The molecule has 0 bridgehead atoms. The fourth-order valence-corrected chi connectivity index (χ4v) is 2.00. The third kappa shape index (κ3) is 2.76. The first kappa shape index (κ1) is 13.3. The Morgan fingerprint density at radius 1 is 1.19 bits per heavy atom. The van der Waals surface area contributed by atoms with Crippen LogP contribution in [0.25, 0.3) is 11.4 Å². The van der Waals surface area contributed by atoms with Crippen LogP contribution in [0.15, 0.2) is 47.0 Å². The number of benzene rings is 2. The van der Waals surface area contributed by atoms with Gasteiger partial charge in [-0.05, 0) is 24.6 Å². The molecule has 1 heterocycles. The van der Waals surface area contributed by atoms with Crippen molar-refractivity contribution in [2.75, 3.05) is 0 Å². The molecule has 21 heavy (non-hydrogen) atoms. The van der Waals surface area contributed by atoms with Gasteiger partial charge in [0.05, 0.1) is 6.42 Å². The van der Waals surface area contributed by atoms with Crippen LogP contribution in [0, 0.1) is 12.7 Å². The van der Waals surface area contributed by atoms with E-state index in [0.29, 0.717) is 34.8 Å². The Hall–Kier alpha value is -2.69. The predicted molar refractivity (Wildman–Crippen MR) is 75.3 cm³/mol. The largest absolute Gasteiger partial charge is 0.508 e. The van der Waals surface area contributed by atoms with Crippen LogP contribution in [0.4, 0.5) is 4.39 Å². The van der Waals surface area contributed by atoms with Crippen LogP contribution in [-0.2, 0) is 6.42 Å². The molecule has 0 saturated heterocycles. The maximum absolute atomic E-state index is 13.6. The van der Waals surface area contributed by atoms with Gasteiger partial charge in [-0.3, -0.25) is 0 Å². The van der Waals surface area contributed by atoms with Crippen molar-refractivity contribution in [3.8, 4) is 17.1 Å². The Morgan fingerprint density at radius 3 is 2.76 bits per heavy atom. The molecule has 0 fully saturated rings. The summed E-state index contributed by atoms with van der Waals surface area (Å²) < 4.78 is 18.7. The lowest BCUT2D eigenvalue weighted by molar-refractivity contribution is 0.383. The number of phenols is 1. The lowest BCUT2D eigenvalue weighted by Gasteiger charge is -1.99. The van der Waals surface area contributed by atoms with E-state index in [2.05, 4.69) is 10.1 Å². The summed E-state index contributed by atoms with van der Waals surface area (Å²) in [6.07, 6.45) is 0.327. The molecular weight excluding hydrogens is 271 g/mol. The summed E-state index contributed by atoms with van der Waals surface area (Å²) in [6, 6.07) is 11.7. The van der Waals surface area contributed by atoms with Gasteiger partial charge < -0.3 is 9.63 Å². The maximum Gasteiger partial charge on any atom is 0.231 e. The molecule has 5 heteroatoms. The van der Waals surface area contributed by atoms with Crippen LogP contribution in [-0.4, -0.2) is 15.2 Å². The molecule has 0 radical (unpaired) electrons. The standard InChI is InChI=1S/C16H13FN2O2/c1-10-6-7-12(8-13(10)17)16-18-15(21-19-16)9-11-4-2-3-5-14(11)20/h2-8,20H,9H2,1H3. The molecule has 0 amide bonds. The second kappa shape index (κ2) is 5.36. The lowest BCUT2D eigenvalue weighted by atomic mass is 10.1. The van der Waals surface area contributed by atoms with Crippen LogP contribution >= 0.6 is 0 Å². The Bertz CT molecular complexity index is 783. The quantitative estimate of drug-likeness (QED) is 0.800. The number of nitrogens with zero attached hydrogens (tertiary/aromatic N) is 2. The van der Waals surface area contributed by atoms with Crippen LogP contribution in [0.3, 0.4) is 0 Å². The zero-order valence-corrected chi connectivity index (χ0v) is 11.4. The van der Waals surface area contributed by atoms with Gasteiger partial charge in [-0.25, -0.2) is 4.39 Å². The zero-order chi connectivity index (χ0) is 14.8. The van der Waals surface area contributed by atoms with E-state index in [1.807, 2.05) is 6.07 Å². The average molecular weight is 284 g/mol. The average Bonchev–Trinajstić information content (AvgIpc) is 2.93. The van der Waals surface area contributed by atoms with Gasteiger partial charge in [-0.15, -0.1) is 0 Å². The highest BCUT2D eigenvalue weighted by atomic mass is 19.1. The third-order valence-electron chi connectivity index (χ3n) is 3.23. The van der Waals surface area contributed by atoms with Crippen LogP contribution in [0.1, 0.15) is 17.0 Å². The van der Waals surface area contributed by atoms with Gasteiger partial charge in [0, 0.05) is 11.1 Å². The van der Waals surface area contributed by atoms with Crippen LogP contribution in [0.5, 0.6) is 5.75 Å². The van der Waals surface area contributed by atoms with Gasteiger partial charge in [0.15, 0.2) is 0 Å². The number of aromatic hydroxyl groups is 1. The lowest BCUT2D eigenvalue weighted by Crippen LogP contribution is -1.90. The zero-order valence-electron chi connectivity index (χ0n) is 11.4. The minimum absolute atomic E-state index is 0.179. The van der Waals surface area contributed by atoms with Crippen molar-refractivity contribution in [3.63, 3.8) is 0 Å². The fourth-order valence-electron chi connectivity index (χ4n) is 2.00. The number of halogens is 1. The van der Waals surface area contributed by atoms with Gasteiger partial charge >= 0.3 is 0 Å². The van der Waals surface area contributed by atoms with E-state index in [0.717, 1.165) is 0 Å². The minimum Gasteiger partial charge on any atom is -0.508 e. The molecular formula is C16H13FN2O2. The fraction of sp³-hybridized carbons (Fsp3) is 0.125. The van der Waals surface area contributed by atoms with Crippen molar-refractivity contribution >= 4 is 0 Å². The smallest absolute Gasteiger partial charge is 0.231 e. The van der Waals surface area contributed by atoms with Gasteiger partial charge in [0.1, 0.15) is 11.6 Å². The highest BCUT2D eigenvalue weighted by Crippen LogP contribution is 2.22. The number of phenolic OH excluding ortho intramolecular Hbond substituents is 1. The second-order valence-electron chi connectivity index (χ2n) is 4.78. The first-order chi connectivity index (χ1) is 10.1. The summed E-state index contributed by atoms with van der Waals surface area (Å²) in [7, 11) is 0. The summed E-state index contributed by atoms with van der Waals surface area (Å²) in [5.41, 5.74) is 1.82. The molecule has 0 spiro atoms. The number of para-hydroxylation sites is 1. The summed E-state index contributed by atoms with van der Waals surface area (Å²) in [5, 5.41) is 13.6. The molecule has 3 rings (SSSR count). The van der Waals surface area contributed by atoms with Crippen molar-refractivity contribution in [1.29, 1.82) is 0 Å². The van der Waals surface area contributed by atoms with Crippen molar-refractivity contribution in [2.24, 2.45) is 0 Å². The Kier molecular flexibility index (Phi) is 3.39. The van der Waals surface area contributed by atoms with Gasteiger partial charge in [0.25, 0.3) is 0 Å². The topological polar surface area (TPSA) is 59.2 Å². The van der Waals surface area contributed by atoms with Crippen molar-refractivity contribution in [1.82, 2.24) is 10.1 Å². The number of aromatic nitrogens is 2. The monoisotopic (exact) mass is 284 g/mol. The van der Waals surface area contributed by atoms with Crippen molar-refractivity contribution in [3.05, 3.63) is 65.3 Å². The van der Waals surface area contributed by atoms with Gasteiger partial charge in [-0.1, -0.05) is 35.5 Å². The molecule has 3 aromatic rings. The molecule has 0 saturated carbocycles. The first-order valence-corrected chi connectivity index (χ1v) is 6.49. The highest BCUT2D eigenvalue weighted by Gasteiger charge is 2.12.